The van der Waals surface area contributed by atoms with Crippen molar-refractivity contribution in [2.75, 3.05) is 7.11 Å². The summed E-state index contributed by atoms with van der Waals surface area (Å²) in [5.74, 6) is -1.02. The van der Waals surface area contributed by atoms with Crippen molar-refractivity contribution in [2.24, 2.45) is 0 Å². The van der Waals surface area contributed by atoms with Gasteiger partial charge in [0, 0.05) is 7.11 Å². The zero-order valence-corrected chi connectivity index (χ0v) is 10.1. The van der Waals surface area contributed by atoms with Crippen molar-refractivity contribution in [3.8, 4) is 0 Å². The number of H-pyrrole nitrogens is 1. The smallest absolute Gasteiger partial charge is 0.335 e. The van der Waals surface area contributed by atoms with Gasteiger partial charge in [-0.2, -0.15) is 0 Å². The van der Waals surface area contributed by atoms with Gasteiger partial charge in [0.2, 0.25) is 0 Å². The predicted octanol–water partition coefficient (Wildman–Crippen LogP) is 1.06. The third-order valence-electron chi connectivity index (χ3n) is 2.86. The maximum atomic E-state index is 11.8. The van der Waals surface area contributed by atoms with E-state index in [0.29, 0.717) is 17.6 Å². The summed E-state index contributed by atoms with van der Waals surface area (Å²) in [6, 6.07) is 4.55. The highest BCUT2D eigenvalue weighted by Crippen LogP contribution is 2.13. The number of imidazole rings is 1. The molecule has 0 spiro atoms. The molecule has 0 saturated heterocycles. The molecule has 1 aromatic carbocycles. The molecule has 0 radical (unpaired) electrons. The number of aromatic carboxylic acids is 1. The first-order valence-electron chi connectivity index (χ1n) is 5.51. The SMILES string of the molecule is COC(C)Cn1c(=O)[nH]c2cc(C(=O)O)ccc21. The molecule has 1 unspecified atom stereocenters. The number of rotatable bonds is 4. The molecule has 0 aliphatic heterocycles. The fraction of sp³-hybridized carbons (Fsp3) is 0.333. The lowest BCUT2D eigenvalue weighted by Gasteiger charge is -2.10. The first kappa shape index (κ1) is 12.4. The Bertz CT molecular complexity index is 641. The number of aromatic nitrogens is 2. The molecule has 1 heterocycles. The van der Waals surface area contributed by atoms with Crippen molar-refractivity contribution in [1.82, 2.24) is 9.55 Å². The Balaban J connectivity index is 2.52. The van der Waals surface area contributed by atoms with E-state index in [1.54, 1.807) is 13.2 Å². The number of nitrogens with zero attached hydrogens (tertiary/aromatic N) is 1. The third kappa shape index (κ3) is 2.14. The number of methoxy groups -OCH3 is 1. The lowest BCUT2D eigenvalue weighted by atomic mass is 10.2. The van der Waals surface area contributed by atoms with Crippen molar-refractivity contribution >= 4 is 17.0 Å². The summed E-state index contributed by atoms with van der Waals surface area (Å²) < 4.78 is 6.66. The van der Waals surface area contributed by atoms with Crippen LogP contribution in [0.15, 0.2) is 23.0 Å². The van der Waals surface area contributed by atoms with E-state index in [2.05, 4.69) is 4.98 Å². The minimum Gasteiger partial charge on any atom is -0.478 e. The Morgan fingerprint density at radius 3 is 2.89 bits per heavy atom. The Hall–Kier alpha value is -2.08. The molecule has 0 aliphatic carbocycles. The Morgan fingerprint density at radius 2 is 2.28 bits per heavy atom. The lowest BCUT2D eigenvalue weighted by molar-refractivity contribution is 0.0697. The zero-order valence-electron chi connectivity index (χ0n) is 10.1. The molecule has 1 atom stereocenters. The highest BCUT2D eigenvalue weighted by molar-refractivity contribution is 5.92. The molecule has 2 rings (SSSR count). The van der Waals surface area contributed by atoms with Crippen molar-refractivity contribution in [1.29, 1.82) is 0 Å². The van der Waals surface area contributed by atoms with E-state index in [-0.39, 0.29) is 17.4 Å². The summed E-state index contributed by atoms with van der Waals surface area (Å²) in [6.07, 6.45) is -0.0964. The van der Waals surface area contributed by atoms with Crippen LogP contribution >= 0.6 is 0 Å². The van der Waals surface area contributed by atoms with Gasteiger partial charge in [-0.15, -0.1) is 0 Å². The molecule has 96 valence electrons. The van der Waals surface area contributed by atoms with Gasteiger partial charge in [0.05, 0.1) is 29.2 Å². The van der Waals surface area contributed by atoms with Crippen LogP contribution in [0, 0.1) is 0 Å². The number of carbonyl (C=O) groups is 1. The van der Waals surface area contributed by atoms with E-state index in [9.17, 15) is 9.59 Å². The number of fused-ring (bicyclic) bond motifs is 1. The maximum Gasteiger partial charge on any atom is 0.335 e. The van der Waals surface area contributed by atoms with E-state index < -0.39 is 5.97 Å². The molecular weight excluding hydrogens is 236 g/mol. The standard InChI is InChI=1S/C12H14N2O4/c1-7(18-2)6-14-10-4-3-8(11(15)16)5-9(10)13-12(14)17/h3-5,7H,6H2,1-2H3,(H,13,17)(H,15,16). The van der Waals surface area contributed by atoms with Gasteiger partial charge in [0.25, 0.3) is 0 Å². The van der Waals surface area contributed by atoms with E-state index in [1.807, 2.05) is 6.92 Å². The van der Waals surface area contributed by atoms with Crippen molar-refractivity contribution in [2.45, 2.75) is 19.6 Å². The van der Waals surface area contributed by atoms with Crippen LogP contribution in [0.25, 0.3) is 11.0 Å². The van der Waals surface area contributed by atoms with Gasteiger partial charge >= 0.3 is 11.7 Å². The van der Waals surface area contributed by atoms with Crippen LogP contribution in [0.2, 0.25) is 0 Å². The molecular formula is C12H14N2O4. The predicted molar refractivity (Wildman–Crippen MR) is 66.0 cm³/mol. The Kier molecular flexibility index (Phi) is 3.20. The van der Waals surface area contributed by atoms with Crippen LogP contribution in [0.4, 0.5) is 0 Å². The van der Waals surface area contributed by atoms with Crippen molar-refractivity contribution < 1.29 is 14.6 Å². The molecule has 18 heavy (non-hydrogen) atoms. The molecule has 0 saturated carbocycles. The minimum atomic E-state index is -1.02. The molecule has 0 bridgehead atoms. The van der Waals surface area contributed by atoms with Crippen molar-refractivity contribution in [3.63, 3.8) is 0 Å². The number of nitrogens with one attached hydrogen (secondary N) is 1. The molecule has 0 fully saturated rings. The molecule has 2 aromatic rings. The first-order valence-corrected chi connectivity index (χ1v) is 5.51. The van der Waals surface area contributed by atoms with Crippen LogP contribution in [-0.2, 0) is 11.3 Å². The van der Waals surface area contributed by atoms with E-state index in [4.69, 9.17) is 9.84 Å². The topological polar surface area (TPSA) is 84.3 Å². The maximum absolute atomic E-state index is 11.8. The molecule has 1 aromatic heterocycles. The number of hydrogen-bond acceptors (Lipinski definition) is 3. The quantitative estimate of drug-likeness (QED) is 0.849. The van der Waals surface area contributed by atoms with Gasteiger partial charge in [0.15, 0.2) is 0 Å². The average Bonchev–Trinajstić information content (AvgIpc) is 2.64. The monoisotopic (exact) mass is 250 g/mol. The van der Waals surface area contributed by atoms with Gasteiger partial charge in [-0.25, -0.2) is 9.59 Å². The number of carboxylic acids is 1. The summed E-state index contributed by atoms with van der Waals surface area (Å²) in [7, 11) is 1.58. The largest absolute Gasteiger partial charge is 0.478 e. The molecule has 0 aliphatic rings. The second-order valence-corrected chi connectivity index (χ2v) is 4.12. The number of ether oxygens (including phenoxy) is 1. The molecule has 6 nitrogen and oxygen atoms in total. The van der Waals surface area contributed by atoms with Gasteiger partial charge in [-0.05, 0) is 25.1 Å². The van der Waals surface area contributed by atoms with E-state index in [0.717, 1.165) is 0 Å². The Labute approximate surface area is 103 Å². The fourth-order valence-corrected chi connectivity index (χ4v) is 1.81. The summed E-state index contributed by atoms with van der Waals surface area (Å²) in [5, 5.41) is 8.89. The van der Waals surface area contributed by atoms with Crippen molar-refractivity contribution in [3.05, 3.63) is 34.2 Å². The van der Waals surface area contributed by atoms with Crippen LogP contribution in [0.5, 0.6) is 0 Å². The lowest BCUT2D eigenvalue weighted by Crippen LogP contribution is -2.23. The highest BCUT2D eigenvalue weighted by atomic mass is 16.5. The van der Waals surface area contributed by atoms with E-state index in [1.165, 1.54) is 16.7 Å². The number of aromatic amines is 1. The second kappa shape index (κ2) is 4.66. The van der Waals surface area contributed by atoms with Gasteiger partial charge in [0.1, 0.15) is 0 Å². The van der Waals surface area contributed by atoms with Gasteiger partial charge < -0.3 is 14.8 Å². The van der Waals surface area contributed by atoms with Crippen LogP contribution in [0.3, 0.4) is 0 Å². The van der Waals surface area contributed by atoms with Gasteiger partial charge in [-0.1, -0.05) is 0 Å². The van der Waals surface area contributed by atoms with Crippen LogP contribution < -0.4 is 5.69 Å². The van der Waals surface area contributed by atoms with Crippen LogP contribution in [-0.4, -0.2) is 33.8 Å². The zero-order chi connectivity index (χ0) is 13.3. The number of hydrogen-bond donors (Lipinski definition) is 2. The summed E-state index contributed by atoms with van der Waals surface area (Å²) >= 11 is 0. The third-order valence-corrected chi connectivity index (χ3v) is 2.86. The minimum absolute atomic E-state index is 0.0964. The summed E-state index contributed by atoms with van der Waals surface area (Å²) in [4.78, 5) is 25.3. The van der Waals surface area contributed by atoms with Gasteiger partial charge in [-0.3, -0.25) is 4.57 Å². The number of benzene rings is 1. The van der Waals surface area contributed by atoms with E-state index >= 15 is 0 Å². The van der Waals surface area contributed by atoms with Crippen LogP contribution in [0.1, 0.15) is 17.3 Å². The summed E-state index contributed by atoms with van der Waals surface area (Å²) in [5.41, 5.74) is 1.07. The first-order chi connectivity index (χ1) is 8.52. The second-order valence-electron chi connectivity index (χ2n) is 4.12. The fourth-order valence-electron chi connectivity index (χ4n) is 1.81. The Morgan fingerprint density at radius 1 is 1.56 bits per heavy atom. The number of carboxylic acid groups (broad SMARTS) is 1. The normalized spacial score (nSPS) is 12.8. The summed E-state index contributed by atoms with van der Waals surface area (Å²) in [6.45, 7) is 2.28. The highest BCUT2D eigenvalue weighted by Gasteiger charge is 2.12. The molecule has 0 amide bonds. The average molecular weight is 250 g/mol. The molecule has 6 heteroatoms. The molecule has 2 N–H and O–H groups in total.